The monoisotopic (exact) mass is 405 g/mol. The van der Waals surface area contributed by atoms with Crippen LogP contribution in [0.4, 0.5) is 0 Å². The summed E-state index contributed by atoms with van der Waals surface area (Å²) in [4.78, 5) is 12.8. The first-order chi connectivity index (χ1) is 14.5. The molecule has 156 valence electrons. The lowest BCUT2D eigenvalue weighted by molar-refractivity contribution is 0.0864. The number of amides is 1. The van der Waals surface area contributed by atoms with E-state index in [0.717, 1.165) is 11.1 Å². The minimum absolute atomic E-state index is 0.169. The predicted octanol–water partition coefficient (Wildman–Crippen LogP) is 4.35. The molecule has 0 aliphatic carbocycles. The fourth-order valence-electron chi connectivity index (χ4n) is 2.79. The van der Waals surface area contributed by atoms with E-state index in [1.807, 2.05) is 60.7 Å². The van der Waals surface area contributed by atoms with Crippen molar-refractivity contribution in [2.45, 2.75) is 32.6 Å². The fourth-order valence-corrected chi connectivity index (χ4v) is 2.79. The van der Waals surface area contributed by atoms with Crippen molar-refractivity contribution in [3.05, 3.63) is 95.6 Å². The number of carbonyl (C=O) groups excluding carboxylic acids is 1. The van der Waals surface area contributed by atoms with Gasteiger partial charge in [-0.3, -0.25) is 4.79 Å². The largest absolute Gasteiger partial charge is 0.489 e. The molecule has 0 fully saturated rings. The molecule has 2 N–H and O–H groups in total. The first-order valence-corrected chi connectivity index (χ1v) is 9.88. The van der Waals surface area contributed by atoms with Gasteiger partial charge in [-0.2, -0.15) is 0 Å². The van der Waals surface area contributed by atoms with Gasteiger partial charge in [0.1, 0.15) is 24.7 Å². The molecule has 0 bridgehead atoms. The van der Waals surface area contributed by atoms with Crippen LogP contribution in [0.15, 0.2) is 78.9 Å². The number of benzene rings is 3. The first-order valence-electron chi connectivity index (χ1n) is 9.88. The number of rotatable bonds is 9. The van der Waals surface area contributed by atoms with Gasteiger partial charge < -0.3 is 19.9 Å². The Bertz CT molecular complexity index is 955. The molecule has 3 rings (SSSR count). The van der Waals surface area contributed by atoms with Gasteiger partial charge in [-0.1, -0.05) is 60.7 Å². The van der Waals surface area contributed by atoms with Crippen molar-refractivity contribution in [3.8, 4) is 11.5 Å². The maximum absolute atomic E-state index is 12.8. The molecule has 0 aromatic heterocycles. The van der Waals surface area contributed by atoms with E-state index >= 15 is 0 Å². The lowest BCUT2D eigenvalue weighted by atomic mass is 10.1. The molecule has 3 aromatic rings. The van der Waals surface area contributed by atoms with Gasteiger partial charge in [0.05, 0.1) is 17.7 Å². The van der Waals surface area contributed by atoms with E-state index in [4.69, 9.17) is 9.47 Å². The molecule has 0 heterocycles. The quantitative estimate of drug-likeness (QED) is 0.556. The molecule has 1 amide bonds. The number of aliphatic hydroxyl groups excluding tert-OH is 1. The zero-order valence-corrected chi connectivity index (χ0v) is 17.3. The van der Waals surface area contributed by atoms with Crippen molar-refractivity contribution < 1.29 is 19.4 Å². The molecule has 0 radical (unpaired) electrons. The summed E-state index contributed by atoms with van der Waals surface area (Å²) in [7, 11) is 0. The lowest BCUT2D eigenvalue weighted by Crippen LogP contribution is -2.46. The van der Waals surface area contributed by atoms with Crippen LogP contribution in [0, 0.1) is 0 Å². The third-order valence-electron chi connectivity index (χ3n) is 4.53. The predicted molar refractivity (Wildman–Crippen MR) is 117 cm³/mol. The molecular weight excluding hydrogens is 378 g/mol. The maximum Gasteiger partial charge on any atom is 0.255 e. The normalized spacial score (nSPS) is 11.0. The third-order valence-corrected chi connectivity index (χ3v) is 4.53. The van der Waals surface area contributed by atoms with Crippen LogP contribution in [0.2, 0.25) is 0 Å². The third kappa shape index (κ3) is 6.09. The average molecular weight is 405 g/mol. The zero-order chi connectivity index (χ0) is 21.4. The Morgan fingerprint density at radius 3 is 2.00 bits per heavy atom. The van der Waals surface area contributed by atoms with Crippen LogP contribution in [0.25, 0.3) is 0 Å². The molecule has 3 aromatic carbocycles. The highest BCUT2D eigenvalue weighted by molar-refractivity contribution is 5.97. The topological polar surface area (TPSA) is 67.8 Å². The van der Waals surface area contributed by atoms with Gasteiger partial charge in [0.25, 0.3) is 5.91 Å². The molecule has 0 saturated carbocycles. The smallest absolute Gasteiger partial charge is 0.255 e. The number of ether oxygens (including phenoxy) is 2. The van der Waals surface area contributed by atoms with E-state index in [0.29, 0.717) is 30.3 Å². The van der Waals surface area contributed by atoms with Crippen LogP contribution in [-0.4, -0.2) is 23.2 Å². The molecule has 0 saturated heterocycles. The van der Waals surface area contributed by atoms with Crippen molar-refractivity contribution >= 4 is 5.91 Å². The summed E-state index contributed by atoms with van der Waals surface area (Å²) >= 11 is 0. The number of nitrogens with one attached hydrogen (secondary N) is 1. The van der Waals surface area contributed by atoms with E-state index in [1.165, 1.54) is 0 Å². The minimum Gasteiger partial charge on any atom is -0.489 e. The van der Waals surface area contributed by atoms with Gasteiger partial charge in [-0.05, 0) is 37.1 Å². The summed E-state index contributed by atoms with van der Waals surface area (Å²) in [5.41, 5.74) is 1.70. The number of hydrogen-bond donors (Lipinski definition) is 2. The van der Waals surface area contributed by atoms with Crippen molar-refractivity contribution in [2.75, 3.05) is 6.61 Å². The second kappa shape index (κ2) is 9.94. The molecular formula is C25H27NO4. The summed E-state index contributed by atoms with van der Waals surface area (Å²) in [6, 6.07) is 24.8. The number of carbonyl (C=O) groups is 1. The summed E-state index contributed by atoms with van der Waals surface area (Å²) in [5, 5.41) is 12.3. The van der Waals surface area contributed by atoms with Crippen molar-refractivity contribution in [1.82, 2.24) is 5.32 Å². The molecule has 0 spiro atoms. The Balaban J connectivity index is 1.80. The van der Waals surface area contributed by atoms with Gasteiger partial charge in [0.15, 0.2) is 0 Å². The van der Waals surface area contributed by atoms with E-state index in [2.05, 4.69) is 5.32 Å². The van der Waals surface area contributed by atoms with Crippen molar-refractivity contribution in [2.24, 2.45) is 0 Å². The van der Waals surface area contributed by atoms with Gasteiger partial charge in [-0.25, -0.2) is 0 Å². The molecule has 5 nitrogen and oxygen atoms in total. The molecule has 30 heavy (non-hydrogen) atoms. The van der Waals surface area contributed by atoms with Gasteiger partial charge in [-0.15, -0.1) is 0 Å². The van der Waals surface area contributed by atoms with Crippen molar-refractivity contribution in [3.63, 3.8) is 0 Å². The highest BCUT2D eigenvalue weighted by atomic mass is 16.5. The van der Waals surface area contributed by atoms with Gasteiger partial charge in [0.2, 0.25) is 0 Å². The Hall–Kier alpha value is -3.31. The average Bonchev–Trinajstić information content (AvgIpc) is 2.77. The molecule has 0 unspecified atom stereocenters. The fraction of sp³-hybridized carbons (Fsp3) is 0.240. The summed E-state index contributed by atoms with van der Waals surface area (Å²) in [5.74, 6) is 0.724. The van der Waals surface area contributed by atoms with E-state index in [9.17, 15) is 9.90 Å². The SMILES string of the molecule is CC(C)(CO)NC(=O)c1ccc(OCc2ccccc2)cc1OCc1ccccc1. The zero-order valence-electron chi connectivity index (χ0n) is 17.3. The van der Waals surface area contributed by atoms with Gasteiger partial charge >= 0.3 is 0 Å². The Morgan fingerprint density at radius 2 is 1.43 bits per heavy atom. The maximum atomic E-state index is 12.8. The second-order valence-electron chi connectivity index (χ2n) is 7.70. The number of aliphatic hydroxyl groups is 1. The summed E-state index contributed by atoms with van der Waals surface area (Å²) < 4.78 is 11.9. The van der Waals surface area contributed by atoms with Crippen molar-refractivity contribution in [1.29, 1.82) is 0 Å². The lowest BCUT2D eigenvalue weighted by Gasteiger charge is -2.24. The van der Waals surface area contributed by atoms with E-state index in [1.54, 1.807) is 32.0 Å². The molecule has 0 aliphatic heterocycles. The van der Waals surface area contributed by atoms with E-state index < -0.39 is 5.54 Å². The molecule has 0 atom stereocenters. The number of hydrogen-bond acceptors (Lipinski definition) is 4. The van der Waals surface area contributed by atoms with Crippen LogP contribution < -0.4 is 14.8 Å². The van der Waals surface area contributed by atoms with Crippen LogP contribution in [0.3, 0.4) is 0 Å². The Labute approximate surface area is 177 Å². The Kier molecular flexibility index (Phi) is 7.09. The summed E-state index contributed by atoms with van der Waals surface area (Å²) in [6.45, 7) is 4.09. The van der Waals surface area contributed by atoms with Gasteiger partial charge in [0, 0.05) is 6.07 Å². The second-order valence-corrected chi connectivity index (χ2v) is 7.70. The Morgan fingerprint density at radius 1 is 0.867 bits per heavy atom. The minimum atomic E-state index is -0.740. The van der Waals surface area contributed by atoms with Crippen LogP contribution >= 0.6 is 0 Å². The van der Waals surface area contributed by atoms with Crippen LogP contribution in [-0.2, 0) is 13.2 Å². The first kappa shape index (κ1) is 21.4. The standard InChI is InChI=1S/C25H27NO4/c1-25(2,18-27)26-24(28)22-14-13-21(29-16-19-9-5-3-6-10-19)15-23(22)30-17-20-11-7-4-8-12-20/h3-15,27H,16-18H2,1-2H3,(H,26,28). The highest BCUT2D eigenvalue weighted by Gasteiger charge is 2.22. The van der Waals surface area contributed by atoms with E-state index in [-0.39, 0.29) is 12.5 Å². The molecule has 5 heteroatoms. The molecule has 0 aliphatic rings. The summed E-state index contributed by atoms with van der Waals surface area (Å²) in [6.07, 6.45) is 0. The highest BCUT2D eigenvalue weighted by Crippen LogP contribution is 2.27. The van der Waals surface area contributed by atoms with Crippen LogP contribution in [0.5, 0.6) is 11.5 Å². The van der Waals surface area contributed by atoms with Crippen LogP contribution in [0.1, 0.15) is 35.3 Å².